The summed E-state index contributed by atoms with van der Waals surface area (Å²) in [6.45, 7) is 9.16. The van der Waals surface area contributed by atoms with Gasteiger partial charge in [0.05, 0.1) is 6.26 Å². The zero-order chi connectivity index (χ0) is 14.6. The molecule has 0 aliphatic rings. The Labute approximate surface area is 109 Å². The first-order chi connectivity index (χ1) is 8.60. The van der Waals surface area contributed by atoms with Gasteiger partial charge in [-0.3, -0.25) is 0 Å². The first-order valence-corrected chi connectivity index (χ1v) is 5.93. The van der Waals surface area contributed by atoms with Crippen molar-refractivity contribution in [3.05, 3.63) is 25.0 Å². The average Bonchev–Trinajstić information content (AvgIpc) is 2.38. The molecule has 0 atom stereocenters. The normalized spacial score (nSPS) is 8.83. The fraction of sp³-hybridized carbons (Fsp3) is 0.615. The molecule has 0 fully saturated rings. The van der Waals surface area contributed by atoms with Gasteiger partial charge in [0.1, 0.15) is 0 Å². The lowest BCUT2D eigenvalue weighted by atomic mass is 10.5. The highest BCUT2D eigenvalue weighted by Crippen LogP contribution is 1.81. The van der Waals surface area contributed by atoms with E-state index in [1.165, 1.54) is 6.08 Å². The van der Waals surface area contributed by atoms with Crippen LogP contribution in [0.25, 0.3) is 0 Å². The van der Waals surface area contributed by atoms with Crippen molar-refractivity contribution in [1.29, 1.82) is 0 Å². The molecule has 5 heteroatoms. The molecule has 0 spiro atoms. The second-order valence-corrected chi connectivity index (χ2v) is 3.05. The Morgan fingerprint density at radius 2 is 1.72 bits per heavy atom. The van der Waals surface area contributed by atoms with Crippen LogP contribution in [0.4, 0.5) is 0 Å². The van der Waals surface area contributed by atoms with Gasteiger partial charge in [0.2, 0.25) is 0 Å². The Kier molecular flexibility index (Phi) is 30.1. The van der Waals surface area contributed by atoms with Gasteiger partial charge in [-0.15, -0.1) is 0 Å². The number of hydrogen-bond acceptors (Lipinski definition) is 4. The third kappa shape index (κ3) is 46.6. The zero-order valence-corrected chi connectivity index (χ0v) is 11.3. The number of carbonyl (C=O) groups is 1. The summed E-state index contributed by atoms with van der Waals surface area (Å²) in [5.41, 5.74) is 0. The summed E-state index contributed by atoms with van der Waals surface area (Å²) in [4.78, 5) is 9.25. The van der Waals surface area contributed by atoms with Gasteiger partial charge < -0.3 is 20.1 Å². The van der Waals surface area contributed by atoms with Gasteiger partial charge in [-0.2, -0.15) is 0 Å². The minimum atomic E-state index is -0.981. The maximum Gasteiger partial charge on any atom is 0.327 e. The van der Waals surface area contributed by atoms with Crippen molar-refractivity contribution >= 4 is 5.97 Å². The summed E-state index contributed by atoms with van der Waals surface area (Å²) in [6.07, 6.45) is 6.06. The molecule has 3 N–H and O–H groups in total. The summed E-state index contributed by atoms with van der Waals surface area (Å²) in [5.74, 6) is -0.981. The third-order valence-corrected chi connectivity index (χ3v) is 1.27. The first kappa shape index (κ1) is 21.9. The van der Waals surface area contributed by atoms with Gasteiger partial charge in [0.15, 0.2) is 0 Å². The Bertz CT molecular complexity index is 186. The standard InChI is InChI=1S/C6H14O.C4H8O2.C3H4O2/c1-3-5-7-6-4-2;5-3-1-2-4-6;1-2-3(4)5/h3-6H2,1-2H3;1,3,5-6H,2,4H2;2H,1H2,(H,4,5). The number of aliphatic hydroxyl groups excluding tert-OH is 2. The highest BCUT2D eigenvalue weighted by atomic mass is 16.5. The molecule has 0 saturated carbocycles. The minimum absolute atomic E-state index is 0.108. The van der Waals surface area contributed by atoms with E-state index in [1.807, 2.05) is 0 Å². The van der Waals surface area contributed by atoms with Crippen LogP contribution in [0.1, 0.15) is 33.1 Å². The lowest BCUT2D eigenvalue weighted by molar-refractivity contribution is -0.131. The molecule has 0 amide bonds. The van der Waals surface area contributed by atoms with Gasteiger partial charge in [-0.1, -0.05) is 20.4 Å². The number of aliphatic hydroxyl groups is 2. The van der Waals surface area contributed by atoms with E-state index < -0.39 is 5.97 Å². The van der Waals surface area contributed by atoms with Gasteiger partial charge in [-0.25, -0.2) is 4.79 Å². The van der Waals surface area contributed by atoms with E-state index in [2.05, 4.69) is 20.4 Å². The quantitative estimate of drug-likeness (QED) is 0.373. The van der Waals surface area contributed by atoms with E-state index in [1.54, 1.807) is 0 Å². The molecule has 0 rings (SSSR count). The molecule has 0 bridgehead atoms. The molecule has 108 valence electrons. The number of ether oxygens (including phenoxy) is 1. The topological polar surface area (TPSA) is 87.0 Å². The fourth-order valence-corrected chi connectivity index (χ4v) is 0.540. The lowest BCUT2D eigenvalue weighted by Gasteiger charge is -1.95. The average molecular weight is 262 g/mol. The summed E-state index contributed by atoms with van der Waals surface area (Å²) < 4.78 is 5.13. The monoisotopic (exact) mass is 262 g/mol. The molecule has 0 aromatic rings. The third-order valence-electron chi connectivity index (χ3n) is 1.27. The van der Waals surface area contributed by atoms with Crippen LogP contribution in [0.15, 0.2) is 25.0 Å². The first-order valence-electron chi connectivity index (χ1n) is 5.93. The van der Waals surface area contributed by atoms with Crippen molar-refractivity contribution in [2.45, 2.75) is 33.1 Å². The van der Waals surface area contributed by atoms with Crippen molar-refractivity contribution in [2.24, 2.45) is 0 Å². The Morgan fingerprint density at radius 3 is 1.89 bits per heavy atom. The van der Waals surface area contributed by atoms with Crippen LogP contribution < -0.4 is 0 Å². The molecule has 0 unspecified atom stereocenters. The van der Waals surface area contributed by atoms with Crippen molar-refractivity contribution in [2.75, 3.05) is 19.8 Å². The number of rotatable bonds is 7. The van der Waals surface area contributed by atoms with Crippen LogP contribution in [0.2, 0.25) is 0 Å². The summed E-state index contributed by atoms with van der Waals surface area (Å²) in [6, 6.07) is 0. The maximum atomic E-state index is 9.25. The predicted molar refractivity (Wildman–Crippen MR) is 72.7 cm³/mol. The molecule has 18 heavy (non-hydrogen) atoms. The Hall–Kier alpha value is -1.33. The molecular weight excluding hydrogens is 236 g/mol. The van der Waals surface area contributed by atoms with Crippen LogP contribution in [0.3, 0.4) is 0 Å². The molecule has 0 aliphatic heterocycles. The predicted octanol–water partition coefficient (Wildman–Crippen LogP) is 2.52. The van der Waals surface area contributed by atoms with Crippen LogP contribution in [0.5, 0.6) is 0 Å². The minimum Gasteiger partial charge on any atom is -0.516 e. The summed E-state index contributed by atoms with van der Waals surface area (Å²) >= 11 is 0. The fourth-order valence-electron chi connectivity index (χ4n) is 0.540. The van der Waals surface area contributed by atoms with Gasteiger partial charge in [0, 0.05) is 25.9 Å². The van der Waals surface area contributed by atoms with E-state index in [4.69, 9.17) is 20.1 Å². The number of hydrogen-bond donors (Lipinski definition) is 3. The molecule has 5 nitrogen and oxygen atoms in total. The lowest BCUT2D eigenvalue weighted by Crippen LogP contribution is -1.92. The zero-order valence-electron chi connectivity index (χ0n) is 11.3. The van der Waals surface area contributed by atoms with Crippen molar-refractivity contribution in [3.63, 3.8) is 0 Å². The number of carboxylic acid groups (broad SMARTS) is 1. The Morgan fingerprint density at radius 1 is 1.28 bits per heavy atom. The summed E-state index contributed by atoms with van der Waals surface area (Å²) in [7, 11) is 0. The number of aliphatic carboxylic acids is 1. The molecule has 0 aromatic carbocycles. The van der Waals surface area contributed by atoms with Crippen molar-refractivity contribution < 1.29 is 24.9 Å². The highest BCUT2D eigenvalue weighted by molar-refractivity contribution is 5.78. The number of carboxylic acids is 1. The molecule has 0 aromatic heterocycles. The van der Waals surface area contributed by atoms with Crippen molar-refractivity contribution in [1.82, 2.24) is 0 Å². The summed E-state index contributed by atoms with van der Waals surface area (Å²) in [5, 5.41) is 23.5. The molecule has 0 heterocycles. The second kappa shape index (κ2) is 24.8. The van der Waals surface area contributed by atoms with E-state index in [9.17, 15) is 4.79 Å². The van der Waals surface area contributed by atoms with E-state index in [-0.39, 0.29) is 6.61 Å². The van der Waals surface area contributed by atoms with Crippen LogP contribution in [-0.4, -0.2) is 41.1 Å². The van der Waals surface area contributed by atoms with Crippen LogP contribution in [0, 0.1) is 0 Å². The molecule has 0 radical (unpaired) electrons. The van der Waals surface area contributed by atoms with E-state index in [0.717, 1.165) is 38.4 Å². The smallest absolute Gasteiger partial charge is 0.327 e. The highest BCUT2D eigenvalue weighted by Gasteiger charge is 1.78. The molecular formula is C13H26O5. The molecule has 0 saturated heterocycles. The molecule has 0 aliphatic carbocycles. The van der Waals surface area contributed by atoms with Crippen LogP contribution >= 0.6 is 0 Å². The van der Waals surface area contributed by atoms with Gasteiger partial charge in [0.25, 0.3) is 0 Å². The maximum absolute atomic E-state index is 9.25. The largest absolute Gasteiger partial charge is 0.516 e. The van der Waals surface area contributed by atoms with Gasteiger partial charge in [-0.05, 0) is 25.3 Å². The van der Waals surface area contributed by atoms with Gasteiger partial charge >= 0.3 is 5.97 Å². The Balaban J connectivity index is -0.000000190. The van der Waals surface area contributed by atoms with E-state index >= 15 is 0 Å². The van der Waals surface area contributed by atoms with E-state index in [0.29, 0.717) is 6.42 Å². The SMILES string of the molecule is C=CC(=O)O.CCCOCCC.OC=CCCO. The van der Waals surface area contributed by atoms with Crippen molar-refractivity contribution in [3.8, 4) is 0 Å². The van der Waals surface area contributed by atoms with Crippen LogP contribution in [-0.2, 0) is 9.53 Å². The second-order valence-electron chi connectivity index (χ2n) is 3.05.